The molecule has 22 heavy (non-hydrogen) atoms. The second kappa shape index (κ2) is 7.86. The van der Waals surface area contributed by atoms with E-state index < -0.39 is 24.6 Å². The summed E-state index contributed by atoms with van der Waals surface area (Å²) in [5.74, 6) is -1.32. The van der Waals surface area contributed by atoms with Gasteiger partial charge in [-0.2, -0.15) is 0 Å². The van der Waals surface area contributed by atoms with Gasteiger partial charge in [-0.3, -0.25) is 4.79 Å². The molecule has 0 fully saturated rings. The highest BCUT2D eigenvalue weighted by Gasteiger charge is 2.24. The van der Waals surface area contributed by atoms with Gasteiger partial charge in [0.25, 0.3) is 0 Å². The number of amides is 4. The van der Waals surface area contributed by atoms with Gasteiger partial charge in [0, 0.05) is 21.8 Å². The van der Waals surface area contributed by atoms with Crippen molar-refractivity contribution >= 4 is 46.9 Å². The molecule has 0 aliphatic heterocycles. The van der Waals surface area contributed by atoms with Crippen LogP contribution in [0.5, 0.6) is 0 Å². The Bertz CT molecular complexity index is 572. The fraction of sp³-hybridized carbons (Fsp3) is 0.308. The topological polar surface area (TPSA) is 98.7 Å². The van der Waals surface area contributed by atoms with E-state index in [1.165, 1.54) is 18.2 Å². The van der Waals surface area contributed by atoms with Crippen molar-refractivity contribution in [2.45, 2.75) is 19.9 Å². The largest absolute Gasteiger partial charge is 0.480 e. The average molecular weight is 348 g/mol. The van der Waals surface area contributed by atoms with Gasteiger partial charge in [0.1, 0.15) is 6.54 Å². The molecule has 0 unspecified atom stereocenters. The van der Waals surface area contributed by atoms with E-state index in [-0.39, 0.29) is 11.7 Å². The lowest BCUT2D eigenvalue weighted by molar-refractivity contribution is -0.137. The molecule has 1 aromatic carbocycles. The molecule has 9 heteroatoms. The standard InChI is InChI=1S/C13H15Cl2N3O4/c1-7(2)16-12(21)18(6-11(19)20)13(22)17-10-4-8(14)3-9(15)5-10/h3-5,7H,6H2,1-2H3,(H,16,21)(H,17,22)(H,19,20). The van der Waals surface area contributed by atoms with Crippen LogP contribution in [0.3, 0.4) is 0 Å². The lowest BCUT2D eigenvalue weighted by Crippen LogP contribution is -2.49. The van der Waals surface area contributed by atoms with Crippen LogP contribution >= 0.6 is 23.2 Å². The Morgan fingerprint density at radius 3 is 2.14 bits per heavy atom. The second-order valence-electron chi connectivity index (χ2n) is 4.67. The molecule has 1 aromatic rings. The lowest BCUT2D eigenvalue weighted by atomic mass is 10.3. The van der Waals surface area contributed by atoms with Gasteiger partial charge in [0.15, 0.2) is 0 Å². The predicted molar refractivity (Wildman–Crippen MR) is 83.5 cm³/mol. The van der Waals surface area contributed by atoms with E-state index in [0.717, 1.165) is 0 Å². The van der Waals surface area contributed by atoms with E-state index in [9.17, 15) is 14.4 Å². The number of carboxylic acid groups (broad SMARTS) is 1. The molecule has 0 heterocycles. The van der Waals surface area contributed by atoms with Crippen LogP contribution in [-0.2, 0) is 4.79 Å². The Labute approximate surface area is 137 Å². The van der Waals surface area contributed by atoms with Crippen molar-refractivity contribution < 1.29 is 19.5 Å². The maximum atomic E-state index is 12.1. The van der Waals surface area contributed by atoms with Gasteiger partial charge in [-0.15, -0.1) is 0 Å². The summed E-state index contributed by atoms with van der Waals surface area (Å²) < 4.78 is 0. The number of aliphatic carboxylic acids is 1. The molecular weight excluding hydrogens is 333 g/mol. The van der Waals surface area contributed by atoms with Crippen molar-refractivity contribution in [3.05, 3.63) is 28.2 Å². The van der Waals surface area contributed by atoms with Crippen LogP contribution in [0.2, 0.25) is 10.0 Å². The SMILES string of the molecule is CC(C)NC(=O)N(CC(=O)O)C(=O)Nc1cc(Cl)cc(Cl)c1. The number of carbonyl (C=O) groups excluding carboxylic acids is 2. The van der Waals surface area contributed by atoms with Crippen LogP contribution < -0.4 is 10.6 Å². The minimum Gasteiger partial charge on any atom is -0.480 e. The van der Waals surface area contributed by atoms with Crippen molar-refractivity contribution in [1.82, 2.24) is 10.2 Å². The molecule has 4 amide bonds. The molecule has 0 atom stereocenters. The van der Waals surface area contributed by atoms with Crippen LogP contribution in [0.4, 0.5) is 15.3 Å². The first-order valence-electron chi connectivity index (χ1n) is 6.26. The molecule has 0 saturated carbocycles. The second-order valence-corrected chi connectivity index (χ2v) is 5.55. The summed E-state index contributed by atoms with van der Waals surface area (Å²) in [5.41, 5.74) is 0.246. The number of hydrogen-bond donors (Lipinski definition) is 3. The van der Waals surface area contributed by atoms with Crippen LogP contribution in [0.25, 0.3) is 0 Å². The number of nitrogens with one attached hydrogen (secondary N) is 2. The number of urea groups is 2. The fourth-order valence-electron chi connectivity index (χ4n) is 1.51. The van der Waals surface area contributed by atoms with Crippen molar-refractivity contribution in [1.29, 1.82) is 0 Å². The van der Waals surface area contributed by atoms with E-state index in [4.69, 9.17) is 28.3 Å². The zero-order valence-corrected chi connectivity index (χ0v) is 13.4. The highest BCUT2D eigenvalue weighted by molar-refractivity contribution is 6.35. The summed E-state index contributed by atoms with van der Waals surface area (Å²) in [6.07, 6.45) is 0. The number of anilines is 1. The first-order chi connectivity index (χ1) is 10.2. The molecule has 0 radical (unpaired) electrons. The third-order valence-corrected chi connectivity index (χ3v) is 2.75. The van der Waals surface area contributed by atoms with Gasteiger partial charge in [0.05, 0.1) is 0 Å². The number of carboxylic acids is 1. The Morgan fingerprint density at radius 2 is 1.68 bits per heavy atom. The van der Waals surface area contributed by atoms with E-state index >= 15 is 0 Å². The summed E-state index contributed by atoms with van der Waals surface area (Å²) in [6.45, 7) is 2.59. The fourth-order valence-corrected chi connectivity index (χ4v) is 2.04. The monoisotopic (exact) mass is 347 g/mol. The molecular formula is C13H15Cl2N3O4. The number of carbonyl (C=O) groups is 3. The minimum absolute atomic E-state index is 0.246. The van der Waals surface area contributed by atoms with Gasteiger partial charge in [0.2, 0.25) is 0 Å². The van der Waals surface area contributed by atoms with Crippen LogP contribution in [0, 0.1) is 0 Å². The van der Waals surface area contributed by atoms with Crippen molar-refractivity contribution in [2.75, 3.05) is 11.9 Å². The highest BCUT2D eigenvalue weighted by Crippen LogP contribution is 2.22. The normalized spacial score (nSPS) is 10.2. The maximum Gasteiger partial charge on any atom is 0.330 e. The average Bonchev–Trinajstić information content (AvgIpc) is 2.33. The molecule has 1 rings (SSSR count). The van der Waals surface area contributed by atoms with Crippen molar-refractivity contribution in [2.24, 2.45) is 0 Å². The van der Waals surface area contributed by atoms with E-state index in [0.29, 0.717) is 14.9 Å². The number of nitrogens with zero attached hydrogens (tertiary/aromatic N) is 1. The van der Waals surface area contributed by atoms with Crippen LogP contribution in [-0.4, -0.2) is 40.6 Å². The predicted octanol–water partition coefficient (Wildman–Crippen LogP) is 3.03. The summed E-state index contributed by atoms with van der Waals surface area (Å²) in [4.78, 5) is 35.4. The Kier molecular flexibility index (Phi) is 6.45. The third-order valence-electron chi connectivity index (χ3n) is 2.31. The number of benzene rings is 1. The molecule has 0 spiro atoms. The van der Waals surface area contributed by atoms with E-state index in [2.05, 4.69) is 10.6 Å². The van der Waals surface area contributed by atoms with Crippen molar-refractivity contribution in [3.63, 3.8) is 0 Å². The van der Waals surface area contributed by atoms with Crippen molar-refractivity contribution in [3.8, 4) is 0 Å². The number of halogens is 2. The van der Waals surface area contributed by atoms with Gasteiger partial charge in [-0.1, -0.05) is 23.2 Å². The summed E-state index contributed by atoms with van der Waals surface area (Å²) in [5, 5.41) is 14.2. The molecule has 3 N–H and O–H groups in total. The lowest BCUT2D eigenvalue weighted by Gasteiger charge is -2.21. The Hall–Kier alpha value is -1.99. The highest BCUT2D eigenvalue weighted by atomic mass is 35.5. The molecule has 120 valence electrons. The molecule has 0 aliphatic carbocycles. The van der Waals surface area contributed by atoms with Crippen LogP contribution in [0.1, 0.15) is 13.8 Å². The molecule has 7 nitrogen and oxygen atoms in total. The number of imide groups is 1. The minimum atomic E-state index is -1.32. The van der Waals surface area contributed by atoms with Gasteiger partial charge >= 0.3 is 18.0 Å². The Morgan fingerprint density at radius 1 is 1.14 bits per heavy atom. The summed E-state index contributed by atoms with van der Waals surface area (Å²) in [6, 6.07) is 2.34. The zero-order chi connectivity index (χ0) is 16.9. The van der Waals surface area contributed by atoms with Crippen LogP contribution in [0.15, 0.2) is 18.2 Å². The molecule has 0 aliphatic rings. The van der Waals surface area contributed by atoms with Gasteiger partial charge in [-0.25, -0.2) is 14.5 Å². The van der Waals surface area contributed by atoms with Gasteiger partial charge < -0.3 is 15.7 Å². The maximum absolute atomic E-state index is 12.1. The summed E-state index contributed by atoms with van der Waals surface area (Å²) in [7, 11) is 0. The molecule has 0 aromatic heterocycles. The quantitative estimate of drug-likeness (QED) is 0.779. The molecule has 0 bridgehead atoms. The zero-order valence-electron chi connectivity index (χ0n) is 11.9. The first kappa shape index (κ1) is 18.1. The first-order valence-corrected chi connectivity index (χ1v) is 7.01. The van der Waals surface area contributed by atoms with E-state index in [1.807, 2.05) is 0 Å². The van der Waals surface area contributed by atoms with E-state index in [1.54, 1.807) is 13.8 Å². The smallest absolute Gasteiger partial charge is 0.330 e. The summed E-state index contributed by atoms with van der Waals surface area (Å²) >= 11 is 11.6. The number of rotatable bonds is 4. The number of hydrogen-bond acceptors (Lipinski definition) is 3. The molecule has 0 saturated heterocycles. The Balaban J connectivity index is 2.91. The van der Waals surface area contributed by atoms with Gasteiger partial charge in [-0.05, 0) is 32.0 Å². The third kappa shape index (κ3) is 5.79.